The molecule has 0 unspecified atom stereocenters. The molecule has 150 valence electrons. The maximum absolute atomic E-state index is 12.8. The van der Waals surface area contributed by atoms with Gasteiger partial charge in [-0.15, -0.1) is 0 Å². The van der Waals surface area contributed by atoms with Crippen LogP contribution in [0.4, 0.5) is 5.69 Å². The number of carbonyl (C=O) groups excluding carboxylic acids is 2. The fourth-order valence-corrected chi connectivity index (χ4v) is 3.60. The van der Waals surface area contributed by atoms with E-state index in [1.807, 2.05) is 49.3 Å². The number of amides is 2. The Morgan fingerprint density at radius 1 is 1.11 bits per heavy atom. The van der Waals surface area contributed by atoms with Crippen molar-refractivity contribution in [2.45, 2.75) is 46.0 Å². The predicted octanol–water partition coefficient (Wildman–Crippen LogP) is 3.52. The minimum atomic E-state index is -0.0769. The van der Waals surface area contributed by atoms with E-state index in [1.54, 1.807) is 4.68 Å². The van der Waals surface area contributed by atoms with Gasteiger partial charge < -0.3 is 10.2 Å². The van der Waals surface area contributed by atoms with Crippen LogP contribution in [-0.4, -0.2) is 39.6 Å². The van der Waals surface area contributed by atoms with Crippen molar-refractivity contribution in [2.75, 3.05) is 18.4 Å². The summed E-state index contributed by atoms with van der Waals surface area (Å²) in [6, 6.07) is 7.88. The third-order valence-corrected chi connectivity index (χ3v) is 5.42. The first-order valence-corrected chi connectivity index (χ1v) is 9.86. The summed E-state index contributed by atoms with van der Waals surface area (Å²) < 4.78 is 1.69. The topological polar surface area (TPSA) is 67.2 Å². The van der Waals surface area contributed by atoms with Gasteiger partial charge in [-0.3, -0.25) is 14.3 Å². The van der Waals surface area contributed by atoms with Gasteiger partial charge in [0.1, 0.15) is 0 Å². The van der Waals surface area contributed by atoms with E-state index in [0.717, 1.165) is 11.4 Å². The molecular formula is C22H30N4O2. The zero-order chi connectivity index (χ0) is 20.5. The van der Waals surface area contributed by atoms with Crippen LogP contribution in [0.15, 0.2) is 30.5 Å². The molecule has 0 atom stereocenters. The van der Waals surface area contributed by atoms with Crippen LogP contribution in [0.5, 0.6) is 0 Å². The molecule has 0 aliphatic carbocycles. The number of benzene rings is 1. The number of rotatable bonds is 3. The van der Waals surface area contributed by atoms with E-state index >= 15 is 0 Å². The van der Waals surface area contributed by atoms with E-state index in [-0.39, 0.29) is 23.1 Å². The van der Waals surface area contributed by atoms with Gasteiger partial charge in [-0.2, -0.15) is 5.10 Å². The van der Waals surface area contributed by atoms with Gasteiger partial charge in [0.15, 0.2) is 0 Å². The average Bonchev–Trinajstić information content (AvgIpc) is 2.97. The standard InChI is InChI=1S/C22H30N4O2/c1-15-19(14-25(5)24-15)23-20(27)16-10-12-26(13-11-16)21(28)17-6-8-18(9-7-17)22(2,3)4/h6-9,14,16H,10-13H2,1-5H3,(H,23,27). The van der Waals surface area contributed by atoms with E-state index in [1.165, 1.54) is 5.56 Å². The Kier molecular flexibility index (Phi) is 5.59. The fraction of sp³-hybridized carbons (Fsp3) is 0.500. The number of aromatic nitrogens is 2. The molecular weight excluding hydrogens is 352 g/mol. The van der Waals surface area contributed by atoms with Crippen LogP contribution in [0.2, 0.25) is 0 Å². The molecule has 6 nitrogen and oxygen atoms in total. The van der Waals surface area contributed by atoms with Gasteiger partial charge in [-0.1, -0.05) is 32.9 Å². The van der Waals surface area contributed by atoms with Crippen LogP contribution in [0.25, 0.3) is 0 Å². The van der Waals surface area contributed by atoms with Gasteiger partial charge in [0.25, 0.3) is 5.91 Å². The first kappa shape index (κ1) is 20.1. The van der Waals surface area contributed by atoms with Gasteiger partial charge in [-0.05, 0) is 42.9 Å². The lowest BCUT2D eigenvalue weighted by molar-refractivity contribution is -0.121. The third kappa shape index (κ3) is 4.43. The van der Waals surface area contributed by atoms with Crippen molar-refractivity contribution in [3.63, 3.8) is 0 Å². The monoisotopic (exact) mass is 382 g/mol. The highest BCUT2D eigenvalue weighted by Crippen LogP contribution is 2.24. The van der Waals surface area contributed by atoms with Crippen molar-refractivity contribution < 1.29 is 9.59 Å². The first-order valence-electron chi connectivity index (χ1n) is 9.86. The lowest BCUT2D eigenvalue weighted by Crippen LogP contribution is -2.41. The minimum absolute atomic E-state index is 0.0118. The zero-order valence-corrected chi connectivity index (χ0v) is 17.5. The van der Waals surface area contributed by atoms with Crippen LogP contribution in [0.3, 0.4) is 0 Å². The molecule has 1 saturated heterocycles. The molecule has 0 saturated carbocycles. The summed E-state index contributed by atoms with van der Waals surface area (Å²) in [6.07, 6.45) is 3.17. The van der Waals surface area contributed by atoms with Crippen molar-refractivity contribution in [2.24, 2.45) is 13.0 Å². The third-order valence-electron chi connectivity index (χ3n) is 5.42. The smallest absolute Gasteiger partial charge is 0.253 e. The highest BCUT2D eigenvalue weighted by atomic mass is 16.2. The summed E-state index contributed by atoms with van der Waals surface area (Å²) in [4.78, 5) is 27.2. The Morgan fingerprint density at radius 3 is 2.21 bits per heavy atom. The Morgan fingerprint density at radius 2 is 1.71 bits per heavy atom. The molecule has 0 spiro atoms. The lowest BCUT2D eigenvalue weighted by Gasteiger charge is -2.31. The van der Waals surface area contributed by atoms with Crippen LogP contribution in [0.1, 0.15) is 55.2 Å². The van der Waals surface area contributed by atoms with Crippen molar-refractivity contribution in [3.8, 4) is 0 Å². The first-order chi connectivity index (χ1) is 13.1. The highest BCUT2D eigenvalue weighted by molar-refractivity contribution is 5.95. The highest BCUT2D eigenvalue weighted by Gasteiger charge is 2.28. The number of piperidine rings is 1. The lowest BCUT2D eigenvalue weighted by atomic mass is 9.86. The van der Waals surface area contributed by atoms with E-state index in [0.29, 0.717) is 31.5 Å². The summed E-state index contributed by atoms with van der Waals surface area (Å²) >= 11 is 0. The summed E-state index contributed by atoms with van der Waals surface area (Å²) in [6.45, 7) is 9.56. The molecule has 3 rings (SSSR count). The number of hydrogen-bond acceptors (Lipinski definition) is 3. The van der Waals surface area contributed by atoms with Gasteiger partial charge in [0.2, 0.25) is 5.91 Å². The summed E-state index contributed by atoms with van der Waals surface area (Å²) in [5, 5.41) is 7.22. The number of hydrogen-bond donors (Lipinski definition) is 1. The van der Waals surface area contributed by atoms with Crippen LogP contribution >= 0.6 is 0 Å². The van der Waals surface area contributed by atoms with Crippen molar-refractivity contribution in [1.82, 2.24) is 14.7 Å². The van der Waals surface area contributed by atoms with Gasteiger partial charge >= 0.3 is 0 Å². The quantitative estimate of drug-likeness (QED) is 0.883. The summed E-state index contributed by atoms with van der Waals surface area (Å²) in [5.74, 6) is -0.0212. The molecule has 2 heterocycles. The molecule has 2 amide bonds. The van der Waals surface area contributed by atoms with Gasteiger partial charge in [0.05, 0.1) is 11.4 Å². The number of carbonyl (C=O) groups is 2. The van der Waals surface area contributed by atoms with E-state index < -0.39 is 0 Å². The number of aryl methyl sites for hydroxylation is 2. The van der Waals surface area contributed by atoms with E-state index in [2.05, 4.69) is 31.2 Å². The maximum atomic E-state index is 12.8. The van der Waals surface area contributed by atoms with Crippen molar-refractivity contribution >= 4 is 17.5 Å². The second kappa shape index (κ2) is 7.78. The van der Waals surface area contributed by atoms with Crippen LogP contribution in [-0.2, 0) is 17.3 Å². The molecule has 0 bridgehead atoms. The molecule has 1 N–H and O–H groups in total. The fourth-order valence-electron chi connectivity index (χ4n) is 3.60. The number of likely N-dealkylation sites (tertiary alicyclic amines) is 1. The Bertz CT molecular complexity index is 854. The van der Waals surface area contributed by atoms with Crippen molar-refractivity contribution in [1.29, 1.82) is 0 Å². The molecule has 1 aliphatic heterocycles. The van der Waals surface area contributed by atoms with Crippen molar-refractivity contribution in [3.05, 3.63) is 47.3 Å². The normalized spacial score (nSPS) is 15.5. The van der Waals surface area contributed by atoms with Gasteiger partial charge in [0, 0.05) is 37.8 Å². The Balaban J connectivity index is 1.56. The van der Waals surface area contributed by atoms with E-state index in [9.17, 15) is 9.59 Å². The molecule has 1 aromatic heterocycles. The number of nitrogens with zero attached hydrogens (tertiary/aromatic N) is 3. The molecule has 6 heteroatoms. The van der Waals surface area contributed by atoms with Crippen LogP contribution < -0.4 is 5.32 Å². The number of nitrogens with one attached hydrogen (secondary N) is 1. The summed E-state index contributed by atoms with van der Waals surface area (Å²) in [7, 11) is 1.83. The van der Waals surface area contributed by atoms with Gasteiger partial charge in [-0.25, -0.2) is 0 Å². The predicted molar refractivity (Wildman–Crippen MR) is 110 cm³/mol. The SMILES string of the molecule is Cc1nn(C)cc1NC(=O)C1CCN(C(=O)c2ccc(C(C)(C)C)cc2)CC1. The number of anilines is 1. The molecule has 2 aromatic rings. The largest absolute Gasteiger partial charge is 0.339 e. The van der Waals surface area contributed by atoms with Crippen LogP contribution in [0, 0.1) is 12.8 Å². The zero-order valence-electron chi connectivity index (χ0n) is 17.5. The average molecular weight is 383 g/mol. The summed E-state index contributed by atoms with van der Waals surface area (Å²) in [5.41, 5.74) is 3.55. The van der Waals surface area contributed by atoms with E-state index in [4.69, 9.17) is 0 Å². The molecule has 0 radical (unpaired) electrons. The molecule has 1 fully saturated rings. The molecule has 1 aliphatic rings. The second-order valence-electron chi connectivity index (χ2n) is 8.68. The second-order valence-corrected chi connectivity index (χ2v) is 8.68. The molecule has 1 aromatic carbocycles. The minimum Gasteiger partial charge on any atom is -0.339 e. The Hall–Kier alpha value is -2.63. The maximum Gasteiger partial charge on any atom is 0.253 e. The Labute approximate surface area is 166 Å². The molecule has 28 heavy (non-hydrogen) atoms.